The lowest BCUT2D eigenvalue weighted by molar-refractivity contribution is 0.0953. The number of nitrogens with zero attached hydrogens (tertiary/aromatic N) is 2. The van der Waals surface area contributed by atoms with Crippen LogP contribution in [0.2, 0.25) is 6.82 Å². The van der Waals surface area contributed by atoms with E-state index < -0.39 is 0 Å². The fourth-order valence-electron chi connectivity index (χ4n) is 2.43. The number of ether oxygens (including phenoxy) is 1. The first-order valence-electron chi connectivity index (χ1n) is 6.88. The van der Waals surface area contributed by atoms with Crippen molar-refractivity contribution < 1.29 is 9.76 Å². The molecular weight excluding hydrogens is 241 g/mol. The molecule has 0 spiro atoms. The maximum Gasteiger partial charge on any atom is 0.376 e. The van der Waals surface area contributed by atoms with Crippen LogP contribution in [0.15, 0.2) is 24.5 Å². The molecule has 2 rings (SSSR count). The Hall–Kier alpha value is -0.945. The Morgan fingerprint density at radius 3 is 3.26 bits per heavy atom. The van der Waals surface area contributed by atoms with Crippen molar-refractivity contribution in [3.63, 3.8) is 0 Å². The van der Waals surface area contributed by atoms with Crippen molar-refractivity contribution >= 4 is 7.05 Å². The number of hydrogen-bond donors (Lipinski definition) is 2. The van der Waals surface area contributed by atoms with Gasteiger partial charge in [0.05, 0.1) is 6.61 Å². The molecule has 1 unspecified atom stereocenters. The molecule has 5 nitrogen and oxygen atoms in total. The van der Waals surface area contributed by atoms with E-state index in [1.807, 2.05) is 25.2 Å². The smallest absolute Gasteiger partial charge is 0.376 e. The van der Waals surface area contributed by atoms with Crippen molar-refractivity contribution in [1.29, 1.82) is 0 Å². The quantitative estimate of drug-likeness (QED) is 0.573. The van der Waals surface area contributed by atoms with Crippen LogP contribution in [-0.4, -0.2) is 54.2 Å². The topological polar surface area (TPSA) is 57.6 Å². The molecule has 0 saturated carbocycles. The van der Waals surface area contributed by atoms with Crippen LogP contribution in [0.4, 0.5) is 0 Å². The number of piperazine rings is 1. The molecule has 1 saturated heterocycles. The number of hydrogen-bond acceptors (Lipinski definition) is 5. The van der Waals surface area contributed by atoms with E-state index in [1.54, 1.807) is 6.20 Å². The zero-order valence-corrected chi connectivity index (χ0v) is 11.5. The van der Waals surface area contributed by atoms with E-state index >= 15 is 0 Å². The van der Waals surface area contributed by atoms with Gasteiger partial charge in [0.2, 0.25) is 0 Å². The number of pyridine rings is 1. The van der Waals surface area contributed by atoms with Crippen LogP contribution in [0, 0.1) is 0 Å². The summed E-state index contributed by atoms with van der Waals surface area (Å²) in [5.41, 5.74) is 1.09. The molecule has 2 heterocycles. The third-order valence-corrected chi connectivity index (χ3v) is 3.46. The van der Waals surface area contributed by atoms with Crippen LogP contribution in [0.25, 0.3) is 0 Å². The zero-order chi connectivity index (χ0) is 13.5. The molecule has 1 aromatic rings. The van der Waals surface area contributed by atoms with Gasteiger partial charge < -0.3 is 19.9 Å². The van der Waals surface area contributed by atoms with Crippen LogP contribution >= 0.6 is 0 Å². The number of nitrogens with one attached hydrogen (secondary N) is 1. The summed E-state index contributed by atoms with van der Waals surface area (Å²) in [5.74, 6) is 0. The SMILES string of the molecule is CB(O)N1CCNCC1CCOCc1cccnc1. The van der Waals surface area contributed by atoms with Gasteiger partial charge in [-0.1, -0.05) is 6.07 Å². The third-order valence-electron chi connectivity index (χ3n) is 3.46. The van der Waals surface area contributed by atoms with Gasteiger partial charge in [0.25, 0.3) is 0 Å². The highest BCUT2D eigenvalue weighted by atomic mass is 16.5. The minimum Gasteiger partial charge on any atom is -0.437 e. The first-order chi connectivity index (χ1) is 9.27. The molecule has 1 aromatic heterocycles. The second kappa shape index (κ2) is 7.60. The van der Waals surface area contributed by atoms with Crippen molar-refractivity contribution in [2.24, 2.45) is 0 Å². The van der Waals surface area contributed by atoms with Gasteiger partial charge in [-0.15, -0.1) is 0 Å². The highest BCUT2D eigenvalue weighted by Crippen LogP contribution is 2.09. The van der Waals surface area contributed by atoms with Gasteiger partial charge in [-0.25, -0.2) is 0 Å². The molecule has 0 aliphatic carbocycles. The molecule has 2 N–H and O–H groups in total. The maximum absolute atomic E-state index is 9.73. The van der Waals surface area contributed by atoms with Gasteiger partial charge >= 0.3 is 7.05 Å². The maximum atomic E-state index is 9.73. The molecule has 1 aliphatic rings. The summed E-state index contributed by atoms with van der Waals surface area (Å²) in [4.78, 5) is 6.19. The Bertz CT molecular complexity index is 364. The summed E-state index contributed by atoms with van der Waals surface area (Å²) < 4.78 is 5.67. The van der Waals surface area contributed by atoms with Crippen molar-refractivity contribution in [3.8, 4) is 0 Å². The molecule has 1 atom stereocenters. The highest BCUT2D eigenvalue weighted by molar-refractivity contribution is 6.45. The summed E-state index contributed by atoms with van der Waals surface area (Å²) in [6.07, 6.45) is 4.51. The molecular formula is C13H22BN3O2. The van der Waals surface area contributed by atoms with Crippen LogP contribution < -0.4 is 5.32 Å². The van der Waals surface area contributed by atoms with Crippen LogP contribution in [0.5, 0.6) is 0 Å². The molecule has 19 heavy (non-hydrogen) atoms. The van der Waals surface area contributed by atoms with Crippen LogP contribution in [0.3, 0.4) is 0 Å². The lowest BCUT2D eigenvalue weighted by atomic mass is 9.81. The minimum atomic E-state index is -0.384. The Morgan fingerprint density at radius 2 is 2.53 bits per heavy atom. The van der Waals surface area contributed by atoms with E-state index in [0.717, 1.165) is 31.6 Å². The molecule has 1 fully saturated rings. The molecule has 0 radical (unpaired) electrons. The second-order valence-corrected chi connectivity index (χ2v) is 4.93. The molecule has 0 bridgehead atoms. The monoisotopic (exact) mass is 263 g/mol. The van der Waals surface area contributed by atoms with Crippen molar-refractivity contribution in [1.82, 2.24) is 15.1 Å². The van der Waals surface area contributed by atoms with Crippen molar-refractivity contribution in [3.05, 3.63) is 30.1 Å². The van der Waals surface area contributed by atoms with E-state index in [-0.39, 0.29) is 7.05 Å². The first kappa shape index (κ1) is 14.5. The van der Waals surface area contributed by atoms with Crippen molar-refractivity contribution in [2.75, 3.05) is 26.2 Å². The van der Waals surface area contributed by atoms with Gasteiger partial charge in [0, 0.05) is 44.7 Å². The van der Waals surface area contributed by atoms with Crippen LogP contribution in [0.1, 0.15) is 12.0 Å². The zero-order valence-electron chi connectivity index (χ0n) is 11.5. The molecule has 0 aromatic carbocycles. The Labute approximate surface area is 115 Å². The minimum absolute atomic E-state index is 0.350. The fourth-order valence-corrected chi connectivity index (χ4v) is 2.43. The first-order valence-corrected chi connectivity index (χ1v) is 6.88. The molecule has 1 aliphatic heterocycles. The Kier molecular flexibility index (Phi) is 5.78. The van der Waals surface area contributed by atoms with E-state index in [1.165, 1.54) is 0 Å². The normalized spacial score (nSPS) is 20.4. The predicted octanol–water partition coefficient (Wildman–Crippen LogP) is 0.372. The number of aromatic nitrogens is 1. The summed E-state index contributed by atoms with van der Waals surface area (Å²) in [5, 5.41) is 13.1. The summed E-state index contributed by atoms with van der Waals surface area (Å²) in [7, 11) is -0.384. The largest absolute Gasteiger partial charge is 0.437 e. The van der Waals surface area contributed by atoms with Gasteiger partial charge in [0.1, 0.15) is 0 Å². The van der Waals surface area contributed by atoms with Gasteiger partial charge in [-0.2, -0.15) is 0 Å². The lowest BCUT2D eigenvalue weighted by Gasteiger charge is -2.37. The molecule has 0 amide bonds. The van der Waals surface area contributed by atoms with E-state index in [0.29, 0.717) is 19.3 Å². The van der Waals surface area contributed by atoms with E-state index in [4.69, 9.17) is 4.74 Å². The van der Waals surface area contributed by atoms with Gasteiger partial charge in [-0.3, -0.25) is 4.98 Å². The predicted molar refractivity (Wildman–Crippen MR) is 75.7 cm³/mol. The summed E-state index contributed by atoms with van der Waals surface area (Å²) in [6.45, 7) is 5.88. The van der Waals surface area contributed by atoms with Gasteiger partial charge in [-0.05, 0) is 24.9 Å². The standard InChI is InChI=1S/C13H22BN3O2/c1-14(18)17-7-6-16-10-13(17)4-8-19-11-12-3-2-5-15-9-12/h2-3,5,9,13,16,18H,4,6-8,10-11H2,1H3. The fraction of sp³-hybridized carbons (Fsp3) is 0.615. The Balaban J connectivity index is 1.69. The number of rotatable bonds is 6. The average Bonchev–Trinajstić information content (AvgIpc) is 2.45. The average molecular weight is 263 g/mol. The van der Waals surface area contributed by atoms with Crippen LogP contribution in [-0.2, 0) is 11.3 Å². The van der Waals surface area contributed by atoms with Gasteiger partial charge in [0.15, 0.2) is 0 Å². The third kappa shape index (κ3) is 4.58. The summed E-state index contributed by atoms with van der Waals surface area (Å²) in [6, 6.07) is 4.28. The Morgan fingerprint density at radius 1 is 1.63 bits per heavy atom. The van der Waals surface area contributed by atoms with E-state index in [9.17, 15) is 5.02 Å². The summed E-state index contributed by atoms with van der Waals surface area (Å²) >= 11 is 0. The van der Waals surface area contributed by atoms with Crippen molar-refractivity contribution in [2.45, 2.75) is 25.9 Å². The molecule has 6 heteroatoms. The van der Waals surface area contributed by atoms with E-state index in [2.05, 4.69) is 15.1 Å². The lowest BCUT2D eigenvalue weighted by Crippen LogP contribution is -2.56. The second-order valence-electron chi connectivity index (χ2n) is 4.93. The highest BCUT2D eigenvalue weighted by Gasteiger charge is 2.27. The molecule has 104 valence electrons.